The molecule has 1 saturated carbocycles. The van der Waals surface area contributed by atoms with Crippen LogP contribution in [0.5, 0.6) is 0 Å². The first kappa shape index (κ1) is 19.9. The summed E-state index contributed by atoms with van der Waals surface area (Å²) in [6.45, 7) is 1.45. The quantitative estimate of drug-likeness (QED) is 0.546. The van der Waals surface area contributed by atoms with Crippen LogP contribution in [0, 0.1) is 11.3 Å². The zero-order valence-corrected chi connectivity index (χ0v) is 17.3. The maximum atomic E-state index is 13.1. The molecule has 2 aliphatic rings. The largest absolute Gasteiger partial charge is 0.392 e. The molecule has 2 fully saturated rings. The Balaban J connectivity index is 1.45. The fourth-order valence-electron chi connectivity index (χ4n) is 4.64. The highest BCUT2D eigenvalue weighted by Gasteiger charge is 2.48. The van der Waals surface area contributed by atoms with Crippen molar-refractivity contribution in [2.75, 3.05) is 13.1 Å². The third-order valence-corrected chi connectivity index (χ3v) is 6.52. The lowest BCUT2D eigenvalue weighted by atomic mass is 9.77. The van der Waals surface area contributed by atoms with Gasteiger partial charge in [-0.3, -0.25) is 4.79 Å². The number of benzene rings is 2. The number of hydrogen-bond donors (Lipinski definition) is 3. The Bertz CT molecular complexity index is 1150. The first-order valence-corrected chi connectivity index (χ1v) is 10.8. The van der Waals surface area contributed by atoms with Crippen LogP contribution in [-0.4, -0.2) is 38.7 Å². The second-order valence-electron chi connectivity index (χ2n) is 8.71. The standard InChI is InChI=1S/C24H26N4O3/c29-14-16-2-1-3-19(12-16)17-6-8-20(9-7-17)28-21(26-27-23(28)31)13-24(10-11-25-15-24)22(30)18-4-5-18/h1-3,6-9,12,18,25,29H,4-5,10-11,13-15H2,(H,27,31)/t24-/m0/s1. The van der Waals surface area contributed by atoms with Crippen molar-refractivity contribution in [2.24, 2.45) is 11.3 Å². The lowest BCUT2D eigenvalue weighted by Crippen LogP contribution is -2.38. The summed E-state index contributed by atoms with van der Waals surface area (Å²) in [5.74, 6) is 1.09. The second-order valence-corrected chi connectivity index (χ2v) is 8.71. The molecular formula is C24H26N4O3. The smallest absolute Gasteiger partial charge is 0.347 e. The van der Waals surface area contributed by atoms with Crippen molar-refractivity contribution in [3.05, 3.63) is 70.4 Å². The van der Waals surface area contributed by atoms with Gasteiger partial charge in [-0.15, -0.1) is 0 Å². The van der Waals surface area contributed by atoms with E-state index in [-0.39, 0.29) is 18.2 Å². The van der Waals surface area contributed by atoms with Gasteiger partial charge in [0.1, 0.15) is 11.6 Å². The Morgan fingerprint density at radius 2 is 1.97 bits per heavy atom. The van der Waals surface area contributed by atoms with Crippen LogP contribution in [0.1, 0.15) is 30.7 Å². The summed E-state index contributed by atoms with van der Waals surface area (Å²) in [4.78, 5) is 25.6. The van der Waals surface area contributed by atoms with Crippen molar-refractivity contribution in [1.82, 2.24) is 20.1 Å². The van der Waals surface area contributed by atoms with Gasteiger partial charge in [-0.1, -0.05) is 30.3 Å². The van der Waals surface area contributed by atoms with Crippen LogP contribution < -0.4 is 11.0 Å². The third-order valence-electron chi connectivity index (χ3n) is 6.52. The Morgan fingerprint density at radius 3 is 2.65 bits per heavy atom. The molecule has 1 aliphatic heterocycles. The molecule has 1 aliphatic carbocycles. The van der Waals surface area contributed by atoms with E-state index in [1.807, 2.05) is 48.5 Å². The van der Waals surface area contributed by atoms with Gasteiger partial charge < -0.3 is 10.4 Å². The molecule has 2 aromatic carbocycles. The average Bonchev–Trinajstić information content (AvgIpc) is 3.45. The first-order valence-electron chi connectivity index (χ1n) is 10.8. The van der Waals surface area contributed by atoms with Gasteiger partial charge in [-0.25, -0.2) is 14.5 Å². The number of aliphatic hydroxyl groups is 1. The van der Waals surface area contributed by atoms with E-state index >= 15 is 0 Å². The van der Waals surface area contributed by atoms with Crippen molar-refractivity contribution < 1.29 is 9.90 Å². The Morgan fingerprint density at radius 1 is 1.16 bits per heavy atom. The number of rotatable bonds is 7. The molecule has 0 amide bonds. The molecule has 0 radical (unpaired) electrons. The number of aliphatic hydroxyl groups excluding tert-OH is 1. The van der Waals surface area contributed by atoms with E-state index in [9.17, 15) is 14.7 Å². The zero-order valence-electron chi connectivity index (χ0n) is 17.3. The summed E-state index contributed by atoms with van der Waals surface area (Å²) in [7, 11) is 0. The number of aromatic nitrogens is 3. The van der Waals surface area contributed by atoms with Crippen LogP contribution in [0.4, 0.5) is 0 Å². The van der Waals surface area contributed by atoms with E-state index in [1.54, 1.807) is 4.57 Å². The van der Waals surface area contributed by atoms with Crippen molar-refractivity contribution in [2.45, 2.75) is 32.3 Å². The number of H-pyrrole nitrogens is 1. The highest BCUT2D eigenvalue weighted by molar-refractivity contribution is 5.89. The molecule has 2 heterocycles. The maximum absolute atomic E-state index is 13.1. The van der Waals surface area contributed by atoms with Crippen molar-refractivity contribution in [1.29, 1.82) is 0 Å². The van der Waals surface area contributed by atoms with Crippen LogP contribution in [0.15, 0.2) is 53.3 Å². The summed E-state index contributed by atoms with van der Waals surface area (Å²) in [5, 5.41) is 19.6. The summed E-state index contributed by atoms with van der Waals surface area (Å²) < 4.78 is 1.58. The van der Waals surface area contributed by atoms with Gasteiger partial charge in [0.2, 0.25) is 0 Å². The highest BCUT2D eigenvalue weighted by Crippen LogP contribution is 2.41. The molecule has 1 aromatic heterocycles. The first-order chi connectivity index (χ1) is 15.1. The molecule has 1 saturated heterocycles. The average molecular weight is 418 g/mol. The molecular weight excluding hydrogens is 392 g/mol. The number of carbonyl (C=O) groups is 1. The predicted octanol–water partition coefficient (Wildman–Crippen LogP) is 2.22. The SMILES string of the molecule is O=C(C1CC1)[C@]1(Cc2n[nH]c(=O)n2-c2ccc(-c3cccc(CO)c3)cc2)CCNC1. The van der Waals surface area contributed by atoms with E-state index < -0.39 is 5.41 Å². The number of carbonyl (C=O) groups excluding carboxylic acids is 1. The van der Waals surface area contributed by atoms with Gasteiger partial charge in [0.15, 0.2) is 0 Å². The Hall–Kier alpha value is -3.03. The molecule has 7 heteroatoms. The number of aromatic amines is 1. The molecule has 160 valence electrons. The molecule has 0 unspecified atom stereocenters. The highest BCUT2D eigenvalue weighted by atomic mass is 16.3. The molecule has 31 heavy (non-hydrogen) atoms. The van der Waals surface area contributed by atoms with Gasteiger partial charge in [-0.05, 0) is 60.7 Å². The zero-order chi connectivity index (χ0) is 21.4. The molecule has 0 spiro atoms. The fraction of sp³-hybridized carbons (Fsp3) is 0.375. The monoisotopic (exact) mass is 418 g/mol. The van der Waals surface area contributed by atoms with Gasteiger partial charge in [0.05, 0.1) is 12.3 Å². The molecule has 7 nitrogen and oxygen atoms in total. The predicted molar refractivity (Wildman–Crippen MR) is 117 cm³/mol. The number of nitrogens with zero attached hydrogens (tertiary/aromatic N) is 2. The minimum Gasteiger partial charge on any atom is -0.392 e. The Kier molecular flexibility index (Phi) is 5.08. The van der Waals surface area contributed by atoms with Crippen LogP contribution in [0.2, 0.25) is 0 Å². The van der Waals surface area contributed by atoms with Crippen molar-refractivity contribution >= 4 is 5.78 Å². The lowest BCUT2D eigenvalue weighted by molar-refractivity contribution is -0.129. The second kappa shape index (κ2) is 7.90. The van der Waals surface area contributed by atoms with Crippen molar-refractivity contribution in [3.8, 4) is 16.8 Å². The summed E-state index contributed by atoms with van der Waals surface area (Å²) in [5.41, 5.74) is 2.79. The van der Waals surface area contributed by atoms with E-state index in [1.165, 1.54) is 0 Å². The molecule has 3 aromatic rings. The van der Waals surface area contributed by atoms with Gasteiger partial charge >= 0.3 is 5.69 Å². The molecule has 1 atom stereocenters. The summed E-state index contributed by atoms with van der Waals surface area (Å²) in [6, 6.07) is 15.4. The van der Waals surface area contributed by atoms with E-state index in [0.717, 1.165) is 48.2 Å². The van der Waals surface area contributed by atoms with Gasteiger partial charge in [-0.2, -0.15) is 5.10 Å². The molecule has 0 bridgehead atoms. The molecule has 3 N–H and O–H groups in total. The van der Waals surface area contributed by atoms with E-state index in [0.29, 0.717) is 24.6 Å². The van der Waals surface area contributed by atoms with Crippen LogP contribution in [0.25, 0.3) is 16.8 Å². The molecule has 5 rings (SSSR count). The lowest BCUT2D eigenvalue weighted by Gasteiger charge is -2.26. The van der Waals surface area contributed by atoms with Gasteiger partial charge in [0.25, 0.3) is 0 Å². The van der Waals surface area contributed by atoms with Crippen LogP contribution >= 0.6 is 0 Å². The Labute approximate surface area is 180 Å². The number of Topliss-reactive ketones (excluding diaryl/α,β-unsaturated/α-hetero) is 1. The minimum absolute atomic E-state index is 0.00409. The van der Waals surface area contributed by atoms with E-state index in [4.69, 9.17) is 0 Å². The maximum Gasteiger partial charge on any atom is 0.347 e. The third kappa shape index (κ3) is 3.75. The fourth-order valence-corrected chi connectivity index (χ4v) is 4.64. The number of nitrogens with one attached hydrogen (secondary N) is 2. The number of hydrogen-bond acceptors (Lipinski definition) is 5. The normalized spacial score (nSPS) is 20.8. The van der Waals surface area contributed by atoms with Gasteiger partial charge in [0, 0.05) is 24.3 Å². The topological polar surface area (TPSA) is 100 Å². The van der Waals surface area contributed by atoms with Crippen LogP contribution in [0.3, 0.4) is 0 Å². The summed E-state index contributed by atoms with van der Waals surface area (Å²) in [6.07, 6.45) is 3.19. The van der Waals surface area contributed by atoms with E-state index in [2.05, 4.69) is 15.5 Å². The minimum atomic E-state index is -0.477. The number of ketones is 1. The summed E-state index contributed by atoms with van der Waals surface area (Å²) >= 11 is 0. The van der Waals surface area contributed by atoms with Crippen molar-refractivity contribution in [3.63, 3.8) is 0 Å². The van der Waals surface area contributed by atoms with Crippen LogP contribution in [-0.2, 0) is 17.8 Å².